The van der Waals surface area contributed by atoms with Crippen molar-refractivity contribution in [3.8, 4) is 5.75 Å². The summed E-state index contributed by atoms with van der Waals surface area (Å²) in [7, 11) is -1.98. The van der Waals surface area contributed by atoms with E-state index in [0.717, 1.165) is 35.3 Å². The van der Waals surface area contributed by atoms with Gasteiger partial charge in [0.2, 0.25) is 10.0 Å². The minimum Gasteiger partial charge on any atom is -0.496 e. The van der Waals surface area contributed by atoms with E-state index in [1.165, 1.54) is 10.4 Å². The summed E-state index contributed by atoms with van der Waals surface area (Å²) in [5, 5.41) is 3.08. The smallest absolute Gasteiger partial charge is 0.252 e. The topological polar surface area (TPSA) is 75.7 Å². The zero-order valence-corrected chi connectivity index (χ0v) is 20.5. The first-order chi connectivity index (χ1) is 15.2. The van der Waals surface area contributed by atoms with Gasteiger partial charge in [0.05, 0.1) is 18.0 Å². The van der Waals surface area contributed by atoms with E-state index < -0.39 is 10.0 Å². The molecule has 1 N–H and O–H groups in total. The maximum atomic E-state index is 13.2. The molecule has 1 aliphatic rings. The largest absolute Gasteiger partial charge is 0.496 e. The van der Waals surface area contributed by atoms with Crippen LogP contribution in [-0.2, 0) is 10.0 Å². The fourth-order valence-electron chi connectivity index (χ4n) is 4.16. The SMILES string of the molecule is CCC(NC(=O)c1cc(S(=O)(=O)N2CCC(C)CC2)ccc1C)c1ccc(OC)c(C)c1. The van der Waals surface area contributed by atoms with Crippen LogP contribution >= 0.6 is 0 Å². The van der Waals surface area contributed by atoms with Crippen LogP contribution in [0.3, 0.4) is 0 Å². The lowest BCUT2D eigenvalue weighted by Crippen LogP contribution is -2.38. The zero-order chi connectivity index (χ0) is 23.5. The molecule has 1 unspecified atom stereocenters. The molecule has 0 saturated carbocycles. The van der Waals surface area contributed by atoms with Crippen LogP contribution in [0.5, 0.6) is 5.75 Å². The average Bonchev–Trinajstić information content (AvgIpc) is 2.77. The summed E-state index contributed by atoms with van der Waals surface area (Å²) in [6, 6.07) is 10.5. The molecule has 3 rings (SSSR count). The number of sulfonamides is 1. The fraction of sp³-hybridized carbons (Fsp3) is 0.480. The Bertz CT molecular complexity index is 1070. The molecule has 1 amide bonds. The number of piperidine rings is 1. The van der Waals surface area contributed by atoms with Crippen LogP contribution < -0.4 is 10.1 Å². The number of benzene rings is 2. The number of ether oxygens (including phenoxy) is 1. The Hall–Kier alpha value is -2.38. The third-order valence-corrected chi connectivity index (χ3v) is 8.26. The Kier molecular flexibility index (Phi) is 7.62. The van der Waals surface area contributed by atoms with E-state index >= 15 is 0 Å². The number of hydrogen-bond acceptors (Lipinski definition) is 4. The monoisotopic (exact) mass is 458 g/mol. The van der Waals surface area contributed by atoms with Crippen molar-refractivity contribution >= 4 is 15.9 Å². The minimum atomic E-state index is -3.62. The van der Waals surface area contributed by atoms with Crippen LogP contribution in [0.15, 0.2) is 41.3 Å². The Morgan fingerprint density at radius 3 is 2.41 bits per heavy atom. The van der Waals surface area contributed by atoms with E-state index in [9.17, 15) is 13.2 Å². The second kappa shape index (κ2) is 10.0. The van der Waals surface area contributed by atoms with Crippen LogP contribution in [0.1, 0.15) is 66.2 Å². The molecule has 32 heavy (non-hydrogen) atoms. The molecule has 1 saturated heterocycles. The molecule has 1 fully saturated rings. The van der Waals surface area contributed by atoms with Gasteiger partial charge < -0.3 is 10.1 Å². The number of carbonyl (C=O) groups is 1. The number of nitrogens with one attached hydrogen (secondary N) is 1. The molecule has 6 nitrogen and oxygen atoms in total. The Morgan fingerprint density at radius 2 is 1.81 bits per heavy atom. The van der Waals surface area contributed by atoms with Crippen LogP contribution in [0.25, 0.3) is 0 Å². The molecule has 1 atom stereocenters. The highest BCUT2D eigenvalue weighted by molar-refractivity contribution is 7.89. The van der Waals surface area contributed by atoms with Crippen molar-refractivity contribution in [2.24, 2.45) is 5.92 Å². The number of nitrogens with zero attached hydrogens (tertiary/aromatic N) is 1. The van der Waals surface area contributed by atoms with Gasteiger partial charge in [0.1, 0.15) is 5.75 Å². The van der Waals surface area contributed by atoms with Gasteiger partial charge in [-0.1, -0.05) is 32.0 Å². The number of methoxy groups -OCH3 is 1. The first kappa shape index (κ1) is 24.3. The quantitative estimate of drug-likeness (QED) is 0.657. The minimum absolute atomic E-state index is 0.177. The summed E-state index contributed by atoms with van der Waals surface area (Å²) < 4.78 is 33.2. The first-order valence-corrected chi connectivity index (χ1v) is 12.7. The summed E-state index contributed by atoms with van der Waals surface area (Å²) in [5.41, 5.74) is 3.12. The Labute approximate surface area is 192 Å². The van der Waals surface area contributed by atoms with Crippen molar-refractivity contribution < 1.29 is 17.9 Å². The van der Waals surface area contributed by atoms with Crippen molar-refractivity contribution in [1.82, 2.24) is 9.62 Å². The lowest BCUT2D eigenvalue weighted by molar-refractivity contribution is 0.0934. The highest BCUT2D eigenvalue weighted by Gasteiger charge is 2.29. The standard InChI is InChI=1S/C25H34N2O4S/c1-6-23(20-8-10-24(31-5)19(4)15-20)26-25(28)22-16-21(9-7-18(22)3)32(29,30)27-13-11-17(2)12-14-27/h7-10,15-17,23H,6,11-14H2,1-5H3,(H,26,28). The molecule has 0 aliphatic carbocycles. The van der Waals surface area contributed by atoms with Crippen LogP contribution in [0, 0.1) is 19.8 Å². The summed E-state index contributed by atoms with van der Waals surface area (Å²) in [6.07, 6.45) is 2.43. The predicted molar refractivity (Wildman–Crippen MR) is 127 cm³/mol. The summed E-state index contributed by atoms with van der Waals surface area (Å²) >= 11 is 0. The Morgan fingerprint density at radius 1 is 1.12 bits per heavy atom. The average molecular weight is 459 g/mol. The molecule has 1 heterocycles. The highest BCUT2D eigenvalue weighted by Crippen LogP contribution is 2.27. The second-order valence-electron chi connectivity index (χ2n) is 8.73. The lowest BCUT2D eigenvalue weighted by Gasteiger charge is -2.29. The number of aryl methyl sites for hydroxylation is 2. The van der Waals surface area contributed by atoms with Gasteiger partial charge in [-0.25, -0.2) is 8.42 Å². The van der Waals surface area contributed by atoms with Crippen LogP contribution in [0.2, 0.25) is 0 Å². The molecule has 1 aliphatic heterocycles. The van der Waals surface area contributed by atoms with E-state index in [1.807, 2.05) is 39.0 Å². The lowest BCUT2D eigenvalue weighted by atomic mass is 10.0. The summed E-state index contributed by atoms with van der Waals surface area (Å²) in [5.74, 6) is 1.07. The van der Waals surface area contributed by atoms with Gasteiger partial charge in [-0.15, -0.1) is 0 Å². The normalized spacial score (nSPS) is 16.5. The van der Waals surface area contributed by atoms with Crippen molar-refractivity contribution in [3.05, 3.63) is 58.7 Å². The number of hydrogen-bond donors (Lipinski definition) is 1. The zero-order valence-electron chi connectivity index (χ0n) is 19.6. The van der Waals surface area contributed by atoms with Crippen LogP contribution in [0.4, 0.5) is 0 Å². The van der Waals surface area contributed by atoms with Gasteiger partial charge >= 0.3 is 0 Å². The second-order valence-corrected chi connectivity index (χ2v) is 10.7. The van der Waals surface area contributed by atoms with Gasteiger partial charge in [0.25, 0.3) is 5.91 Å². The van der Waals surface area contributed by atoms with E-state index in [2.05, 4.69) is 12.2 Å². The van der Waals surface area contributed by atoms with E-state index in [4.69, 9.17) is 4.74 Å². The molecule has 2 aromatic carbocycles. The maximum absolute atomic E-state index is 13.2. The van der Waals surface area contributed by atoms with Gasteiger partial charge in [-0.05, 0) is 73.9 Å². The Balaban J connectivity index is 1.84. The van der Waals surface area contributed by atoms with E-state index in [-0.39, 0.29) is 16.8 Å². The summed E-state index contributed by atoms with van der Waals surface area (Å²) in [6.45, 7) is 8.99. The third kappa shape index (κ3) is 5.15. The molecular weight excluding hydrogens is 424 g/mol. The molecule has 0 spiro atoms. The van der Waals surface area contributed by atoms with Crippen molar-refractivity contribution in [3.63, 3.8) is 0 Å². The van der Waals surface area contributed by atoms with Crippen molar-refractivity contribution in [2.75, 3.05) is 20.2 Å². The van der Waals surface area contributed by atoms with Crippen molar-refractivity contribution in [2.45, 2.75) is 57.9 Å². The van der Waals surface area contributed by atoms with Gasteiger partial charge in [0, 0.05) is 18.7 Å². The molecule has 174 valence electrons. The number of rotatable bonds is 7. The number of amides is 1. The van der Waals surface area contributed by atoms with E-state index in [1.54, 1.807) is 19.2 Å². The molecule has 0 bridgehead atoms. The first-order valence-electron chi connectivity index (χ1n) is 11.2. The van der Waals surface area contributed by atoms with Crippen LogP contribution in [-0.4, -0.2) is 38.8 Å². The molecule has 2 aromatic rings. The van der Waals surface area contributed by atoms with Crippen molar-refractivity contribution in [1.29, 1.82) is 0 Å². The highest BCUT2D eigenvalue weighted by atomic mass is 32.2. The fourth-order valence-corrected chi connectivity index (χ4v) is 5.65. The molecular formula is C25H34N2O4S. The predicted octanol–water partition coefficient (Wildman–Crippen LogP) is 4.61. The molecule has 7 heteroatoms. The number of carbonyl (C=O) groups excluding carboxylic acids is 1. The van der Waals surface area contributed by atoms with Gasteiger partial charge in [-0.2, -0.15) is 4.31 Å². The summed E-state index contributed by atoms with van der Waals surface area (Å²) in [4.78, 5) is 13.3. The molecule has 0 radical (unpaired) electrons. The van der Waals surface area contributed by atoms with Gasteiger partial charge in [-0.3, -0.25) is 4.79 Å². The molecule has 0 aromatic heterocycles. The maximum Gasteiger partial charge on any atom is 0.252 e. The van der Waals surface area contributed by atoms with Gasteiger partial charge in [0.15, 0.2) is 0 Å². The van der Waals surface area contributed by atoms with E-state index in [0.29, 0.717) is 31.0 Å². The third-order valence-electron chi connectivity index (χ3n) is 6.37.